The molecule has 0 saturated heterocycles. The lowest BCUT2D eigenvalue weighted by molar-refractivity contribution is -0.143. The van der Waals surface area contributed by atoms with E-state index in [4.69, 9.17) is 16.3 Å². The summed E-state index contributed by atoms with van der Waals surface area (Å²) in [5.41, 5.74) is 1.85. The van der Waals surface area contributed by atoms with Gasteiger partial charge in [-0.15, -0.1) is 0 Å². The Balaban J connectivity index is 1.61. The largest absolute Gasteiger partial charge is 0.484 e. The van der Waals surface area contributed by atoms with E-state index in [0.717, 1.165) is 36.8 Å². The van der Waals surface area contributed by atoms with Crippen molar-refractivity contribution in [3.63, 3.8) is 0 Å². The molecule has 1 unspecified atom stereocenters. The summed E-state index contributed by atoms with van der Waals surface area (Å²) in [6.07, 6.45) is 4.60. The number of carbonyl (C=O) groups is 2. The number of halogens is 1. The summed E-state index contributed by atoms with van der Waals surface area (Å²) in [4.78, 5) is 28.8. The number of hydrogen-bond acceptors (Lipinski definition) is 3. The number of benzene rings is 3. The first kappa shape index (κ1) is 24.8. The van der Waals surface area contributed by atoms with E-state index in [1.807, 2.05) is 78.9 Å². The Morgan fingerprint density at radius 3 is 2.26 bits per heavy atom. The molecule has 1 aliphatic rings. The van der Waals surface area contributed by atoms with Crippen LogP contribution in [-0.4, -0.2) is 35.4 Å². The molecule has 0 aromatic heterocycles. The lowest BCUT2D eigenvalue weighted by Crippen LogP contribution is -2.53. The average molecular weight is 491 g/mol. The Kier molecular flexibility index (Phi) is 8.79. The Morgan fingerprint density at radius 1 is 0.914 bits per heavy atom. The van der Waals surface area contributed by atoms with Crippen molar-refractivity contribution in [1.82, 2.24) is 10.2 Å². The summed E-state index contributed by atoms with van der Waals surface area (Å²) in [5.74, 6) is 0.228. The van der Waals surface area contributed by atoms with Crippen molar-refractivity contribution in [3.8, 4) is 5.75 Å². The first-order chi connectivity index (χ1) is 17.1. The summed E-state index contributed by atoms with van der Waals surface area (Å²) in [6, 6.07) is 25.9. The summed E-state index contributed by atoms with van der Waals surface area (Å²) in [6.45, 7) is 0.0969. The van der Waals surface area contributed by atoms with Crippen LogP contribution < -0.4 is 10.1 Å². The molecule has 0 spiro atoms. The summed E-state index contributed by atoms with van der Waals surface area (Å²) in [7, 11) is 0. The fourth-order valence-corrected chi connectivity index (χ4v) is 4.71. The van der Waals surface area contributed by atoms with E-state index in [9.17, 15) is 9.59 Å². The molecule has 1 saturated carbocycles. The summed E-state index contributed by atoms with van der Waals surface area (Å²) in [5, 5.41) is 3.79. The first-order valence-corrected chi connectivity index (χ1v) is 12.5. The Bertz CT molecular complexity index is 1100. The third kappa shape index (κ3) is 7.33. The van der Waals surface area contributed by atoms with Gasteiger partial charge in [-0.25, -0.2) is 0 Å². The second kappa shape index (κ2) is 12.4. The van der Waals surface area contributed by atoms with Crippen LogP contribution in [0, 0.1) is 0 Å². The van der Waals surface area contributed by atoms with Crippen LogP contribution in [0.3, 0.4) is 0 Å². The normalized spacial score (nSPS) is 14.3. The summed E-state index contributed by atoms with van der Waals surface area (Å²) >= 11 is 6.23. The molecule has 1 aliphatic carbocycles. The summed E-state index contributed by atoms with van der Waals surface area (Å²) < 4.78 is 5.77. The van der Waals surface area contributed by atoms with Crippen molar-refractivity contribution in [2.24, 2.45) is 0 Å². The van der Waals surface area contributed by atoms with Crippen LogP contribution >= 0.6 is 11.6 Å². The molecule has 0 heterocycles. The maximum absolute atomic E-state index is 13.6. The van der Waals surface area contributed by atoms with Crippen LogP contribution in [0.15, 0.2) is 84.9 Å². The molecular weight excluding hydrogens is 460 g/mol. The molecule has 5 nitrogen and oxygen atoms in total. The quantitative estimate of drug-likeness (QED) is 0.413. The molecular formula is C29H31ClN2O3. The number of hydrogen-bond donors (Lipinski definition) is 1. The van der Waals surface area contributed by atoms with Crippen molar-refractivity contribution in [2.75, 3.05) is 6.61 Å². The molecule has 182 valence electrons. The van der Waals surface area contributed by atoms with E-state index in [1.54, 1.807) is 11.0 Å². The van der Waals surface area contributed by atoms with Gasteiger partial charge >= 0.3 is 0 Å². The fourth-order valence-electron chi connectivity index (χ4n) is 4.50. The van der Waals surface area contributed by atoms with Gasteiger partial charge in [0.25, 0.3) is 5.91 Å². The molecule has 6 heteroatoms. The average Bonchev–Trinajstić information content (AvgIpc) is 3.39. The monoisotopic (exact) mass is 490 g/mol. The maximum Gasteiger partial charge on any atom is 0.261 e. The SMILES string of the molecule is O=C(NC1CCCC1)C(Cc1ccccc1)N(Cc1cccc(Cl)c1)C(=O)COc1ccccc1. The predicted molar refractivity (Wildman–Crippen MR) is 138 cm³/mol. The van der Waals surface area contributed by atoms with E-state index in [1.165, 1.54) is 0 Å². The van der Waals surface area contributed by atoms with E-state index in [2.05, 4.69) is 5.32 Å². The highest BCUT2D eigenvalue weighted by Crippen LogP contribution is 2.21. The standard InChI is InChI=1S/C29H31ClN2O3/c30-24-13-9-12-23(18-24)20-32(28(33)21-35-26-16-5-2-6-17-26)27(19-22-10-3-1-4-11-22)29(34)31-25-14-7-8-15-25/h1-6,9-13,16-18,25,27H,7-8,14-15,19-21H2,(H,31,34). The highest BCUT2D eigenvalue weighted by atomic mass is 35.5. The zero-order valence-corrected chi connectivity index (χ0v) is 20.5. The Morgan fingerprint density at radius 2 is 1.57 bits per heavy atom. The van der Waals surface area contributed by atoms with Gasteiger partial charge in [0.15, 0.2) is 6.61 Å². The Labute approximate surface area is 212 Å². The van der Waals surface area contributed by atoms with Crippen molar-refractivity contribution in [2.45, 2.75) is 50.7 Å². The third-order valence-electron chi connectivity index (χ3n) is 6.32. The second-order valence-corrected chi connectivity index (χ2v) is 9.39. The minimum absolute atomic E-state index is 0.129. The van der Waals surface area contributed by atoms with Gasteiger partial charge in [0.1, 0.15) is 11.8 Å². The molecule has 0 bridgehead atoms. The number of nitrogens with zero attached hydrogens (tertiary/aromatic N) is 1. The molecule has 1 atom stereocenters. The van der Waals surface area contributed by atoms with Crippen LogP contribution in [0.25, 0.3) is 0 Å². The molecule has 0 radical (unpaired) electrons. The number of para-hydroxylation sites is 1. The third-order valence-corrected chi connectivity index (χ3v) is 6.56. The van der Waals surface area contributed by atoms with E-state index in [-0.39, 0.29) is 31.0 Å². The molecule has 1 fully saturated rings. The lowest BCUT2D eigenvalue weighted by Gasteiger charge is -2.32. The van der Waals surface area contributed by atoms with Gasteiger partial charge < -0.3 is 15.0 Å². The number of nitrogens with one attached hydrogen (secondary N) is 1. The van der Waals surface area contributed by atoms with Gasteiger partial charge in [-0.3, -0.25) is 9.59 Å². The molecule has 3 aromatic carbocycles. The van der Waals surface area contributed by atoms with E-state index in [0.29, 0.717) is 17.2 Å². The highest BCUT2D eigenvalue weighted by Gasteiger charge is 2.32. The van der Waals surface area contributed by atoms with Gasteiger partial charge in [0.05, 0.1) is 0 Å². The fraction of sp³-hybridized carbons (Fsp3) is 0.310. The number of amides is 2. The predicted octanol–water partition coefficient (Wildman–Crippen LogP) is 5.42. The molecule has 0 aliphatic heterocycles. The van der Waals surface area contributed by atoms with Crippen LogP contribution in [-0.2, 0) is 22.6 Å². The molecule has 4 rings (SSSR count). The molecule has 3 aromatic rings. The van der Waals surface area contributed by atoms with Gasteiger partial charge in [-0.05, 0) is 48.2 Å². The van der Waals surface area contributed by atoms with Gasteiger partial charge in [0, 0.05) is 24.0 Å². The molecule has 1 N–H and O–H groups in total. The Hall–Kier alpha value is -3.31. The van der Waals surface area contributed by atoms with E-state index >= 15 is 0 Å². The smallest absolute Gasteiger partial charge is 0.261 e. The van der Waals surface area contributed by atoms with Crippen molar-refractivity contribution in [3.05, 3.63) is 101 Å². The topological polar surface area (TPSA) is 58.6 Å². The van der Waals surface area contributed by atoms with Crippen molar-refractivity contribution < 1.29 is 14.3 Å². The highest BCUT2D eigenvalue weighted by molar-refractivity contribution is 6.30. The maximum atomic E-state index is 13.6. The van der Waals surface area contributed by atoms with Crippen molar-refractivity contribution in [1.29, 1.82) is 0 Å². The second-order valence-electron chi connectivity index (χ2n) is 8.95. The number of rotatable bonds is 10. The molecule has 35 heavy (non-hydrogen) atoms. The zero-order valence-electron chi connectivity index (χ0n) is 19.7. The minimum atomic E-state index is -0.677. The minimum Gasteiger partial charge on any atom is -0.484 e. The lowest BCUT2D eigenvalue weighted by atomic mass is 10.0. The number of ether oxygens (including phenoxy) is 1. The van der Waals surface area contributed by atoms with Gasteiger partial charge in [-0.1, -0.05) is 85.1 Å². The van der Waals surface area contributed by atoms with Crippen molar-refractivity contribution >= 4 is 23.4 Å². The van der Waals surface area contributed by atoms with Crippen LogP contribution in [0.2, 0.25) is 5.02 Å². The van der Waals surface area contributed by atoms with Gasteiger partial charge in [-0.2, -0.15) is 0 Å². The first-order valence-electron chi connectivity index (χ1n) is 12.1. The van der Waals surface area contributed by atoms with Crippen LogP contribution in [0.4, 0.5) is 0 Å². The van der Waals surface area contributed by atoms with Gasteiger partial charge in [0.2, 0.25) is 5.91 Å². The molecule has 2 amide bonds. The van der Waals surface area contributed by atoms with Crippen LogP contribution in [0.5, 0.6) is 5.75 Å². The zero-order chi connectivity index (χ0) is 24.5. The van der Waals surface area contributed by atoms with Crippen LogP contribution in [0.1, 0.15) is 36.8 Å². The number of carbonyl (C=O) groups excluding carboxylic acids is 2. The van der Waals surface area contributed by atoms with E-state index < -0.39 is 6.04 Å².